The predicted molar refractivity (Wildman–Crippen MR) is 106 cm³/mol. The van der Waals surface area contributed by atoms with Gasteiger partial charge in [-0.3, -0.25) is 9.59 Å². The van der Waals surface area contributed by atoms with E-state index in [9.17, 15) is 14.0 Å². The lowest BCUT2D eigenvalue weighted by Crippen LogP contribution is -2.50. The maximum atomic E-state index is 13.8. The van der Waals surface area contributed by atoms with Crippen LogP contribution in [0.3, 0.4) is 0 Å². The SMILES string of the molecule is CN(CC(=O)Nc1cccc(Cl)c1)C(=O)C1(c2cccc(F)c2)CCOCC1. The Morgan fingerprint density at radius 1 is 1.18 bits per heavy atom. The zero-order chi connectivity index (χ0) is 20.1. The summed E-state index contributed by atoms with van der Waals surface area (Å²) in [6, 6.07) is 12.9. The lowest BCUT2D eigenvalue weighted by Gasteiger charge is -2.39. The van der Waals surface area contributed by atoms with Gasteiger partial charge in [-0.2, -0.15) is 0 Å². The molecule has 28 heavy (non-hydrogen) atoms. The van der Waals surface area contributed by atoms with Crippen molar-refractivity contribution in [3.8, 4) is 0 Å². The number of likely N-dealkylation sites (N-methyl/N-ethyl adjacent to an activating group) is 1. The van der Waals surface area contributed by atoms with Gasteiger partial charge in [-0.25, -0.2) is 4.39 Å². The highest BCUT2D eigenvalue weighted by molar-refractivity contribution is 6.30. The van der Waals surface area contributed by atoms with E-state index < -0.39 is 11.2 Å². The molecule has 1 aliphatic rings. The molecular weight excluding hydrogens is 383 g/mol. The van der Waals surface area contributed by atoms with Crippen molar-refractivity contribution in [1.82, 2.24) is 4.90 Å². The molecule has 0 aliphatic carbocycles. The van der Waals surface area contributed by atoms with Crippen molar-refractivity contribution in [2.75, 3.05) is 32.1 Å². The van der Waals surface area contributed by atoms with E-state index in [2.05, 4.69) is 5.32 Å². The largest absolute Gasteiger partial charge is 0.381 e. The summed E-state index contributed by atoms with van der Waals surface area (Å²) < 4.78 is 19.2. The first-order valence-electron chi connectivity index (χ1n) is 9.05. The van der Waals surface area contributed by atoms with Crippen molar-refractivity contribution in [1.29, 1.82) is 0 Å². The van der Waals surface area contributed by atoms with Gasteiger partial charge in [0.25, 0.3) is 0 Å². The van der Waals surface area contributed by atoms with Crippen LogP contribution < -0.4 is 5.32 Å². The van der Waals surface area contributed by atoms with Crippen LogP contribution in [0.5, 0.6) is 0 Å². The molecule has 5 nitrogen and oxygen atoms in total. The summed E-state index contributed by atoms with van der Waals surface area (Å²) in [6.45, 7) is 0.693. The summed E-state index contributed by atoms with van der Waals surface area (Å²) in [7, 11) is 1.58. The minimum Gasteiger partial charge on any atom is -0.381 e. The number of benzene rings is 2. The Hall–Kier alpha value is -2.44. The van der Waals surface area contributed by atoms with Crippen molar-refractivity contribution >= 4 is 29.1 Å². The van der Waals surface area contributed by atoms with Gasteiger partial charge in [0.15, 0.2) is 0 Å². The Balaban J connectivity index is 1.76. The van der Waals surface area contributed by atoms with Crippen LogP contribution in [0, 0.1) is 5.82 Å². The van der Waals surface area contributed by atoms with Crippen LogP contribution in [0.4, 0.5) is 10.1 Å². The van der Waals surface area contributed by atoms with E-state index in [0.29, 0.717) is 42.3 Å². The highest BCUT2D eigenvalue weighted by atomic mass is 35.5. The molecule has 0 spiro atoms. The molecule has 0 bridgehead atoms. The number of anilines is 1. The van der Waals surface area contributed by atoms with Crippen LogP contribution in [0.2, 0.25) is 5.02 Å². The third-order valence-corrected chi connectivity index (χ3v) is 5.20. The topological polar surface area (TPSA) is 58.6 Å². The molecule has 0 unspecified atom stereocenters. The maximum absolute atomic E-state index is 13.8. The molecule has 1 fully saturated rings. The fourth-order valence-corrected chi connectivity index (χ4v) is 3.74. The lowest BCUT2D eigenvalue weighted by molar-refractivity contribution is -0.142. The Bertz CT molecular complexity index is 868. The molecule has 3 rings (SSSR count). The summed E-state index contributed by atoms with van der Waals surface area (Å²) in [5.41, 5.74) is 0.276. The number of halogens is 2. The number of nitrogens with one attached hydrogen (secondary N) is 1. The normalized spacial score (nSPS) is 15.7. The zero-order valence-electron chi connectivity index (χ0n) is 15.6. The Kier molecular flexibility index (Phi) is 6.31. The third kappa shape index (κ3) is 4.51. The Morgan fingerprint density at radius 3 is 2.57 bits per heavy atom. The number of nitrogens with zero attached hydrogens (tertiary/aromatic N) is 1. The quantitative estimate of drug-likeness (QED) is 0.828. The summed E-state index contributed by atoms with van der Waals surface area (Å²) in [6.07, 6.45) is 0.880. The standard InChI is InChI=1S/C21H22ClFN2O3/c1-25(14-19(26)24-18-7-3-5-16(22)13-18)20(27)21(8-10-28-11-9-21)15-4-2-6-17(23)12-15/h2-7,12-13H,8-11,14H2,1H3,(H,24,26). The van der Waals surface area contributed by atoms with Gasteiger partial charge in [-0.05, 0) is 48.7 Å². The van der Waals surface area contributed by atoms with Crippen LogP contribution in [0.15, 0.2) is 48.5 Å². The van der Waals surface area contributed by atoms with Crippen molar-refractivity contribution in [3.05, 3.63) is 64.9 Å². The van der Waals surface area contributed by atoms with Crippen molar-refractivity contribution in [2.45, 2.75) is 18.3 Å². The van der Waals surface area contributed by atoms with Gasteiger partial charge < -0.3 is 15.0 Å². The zero-order valence-corrected chi connectivity index (χ0v) is 16.3. The van der Waals surface area contributed by atoms with Crippen molar-refractivity contribution < 1.29 is 18.7 Å². The number of rotatable bonds is 5. The van der Waals surface area contributed by atoms with Crippen LogP contribution in [0.1, 0.15) is 18.4 Å². The average molecular weight is 405 g/mol. The van der Waals surface area contributed by atoms with Crippen LogP contribution in [0.25, 0.3) is 0 Å². The molecule has 2 aromatic rings. The molecule has 148 valence electrons. The summed E-state index contributed by atoms with van der Waals surface area (Å²) >= 11 is 5.93. The van der Waals surface area contributed by atoms with Crippen molar-refractivity contribution in [3.63, 3.8) is 0 Å². The van der Waals surface area contributed by atoms with Gasteiger partial charge in [0.1, 0.15) is 5.82 Å². The molecule has 1 N–H and O–H groups in total. The van der Waals surface area contributed by atoms with Gasteiger partial charge >= 0.3 is 0 Å². The van der Waals surface area contributed by atoms with Crippen molar-refractivity contribution in [2.24, 2.45) is 0 Å². The van der Waals surface area contributed by atoms with E-state index in [0.717, 1.165) is 0 Å². The van der Waals surface area contributed by atoms with Gasteiger partial charge in [0.05, 0.1) is 12.0 Å². The summed E-state index contributed by atoms with van der Waals surface area (Å²) in [5, 5.41) is 3.24. The second kappa shape index (κ2) is 8.71. The Morgan fingerprint density at radius 2 is 1.89 bits per heavy atom. The van der Waals surface area contributed by atoms with E-state index in [1.807, 2.05) is 0 Å². The number of ether oxygens (including phenoxy) is 1. The first kappa shape index (κ1) is 20.3. The summed E-state index contributed by atoms with van der Waals surface area (Å²) in [5.74, 6) is -0.945. The average Bonchev–Trinajstić information content (AvgIpc) is 2.67. The Labute approximate surface area is 168 Å². The monoisotopic (exact) mass is 404 g/mol. The van der Waals surface area contributed by atoms with Gasteiger partial charge in [-0.1, -0.05) is 29.8 Å². The molecule has 7 heteroatoms. The summed E-state index contributed by atoms with van der Waals surface area (Å²) in [4.78, 5) is 27.1. The van der Waals surface area contributed by atoms with E-state index >= 15 is 0 Å². The molecule has 1 saturated heterocycles. The molecule has 0 radical (unpaired) electrons. The second-order valence-corrected chi connectivity index (χ2v) is 7.36. The van der Waals surface area contributed by atoms with Gasteiger partial charge in [0, 0.05) is 31.0 Å². The lowest BCUT2D eigenvalue weighted by atomic mass is 9.73. The predicted octanol–water partition coefficient (Wildman–Crippen LogP) is 3.62. The number of amides is 2. The number of carbonyl (C=O) groups is 2. The minimum absolute atomic E-state index is 0.122. The van der Waals surface area contributed by atoms with Crippen LogP contribution in [-0.4, -0.2) is 43.5 Å². The fraction of sp³-hybridized carbons (Fsp3) is 0.333. The minimum atomic E-state index is -0.897. The first-order valence-corrected chi connectivity index (χ1v) is 9.43. The molecular formula is C21H22ClFN2O3. The molecule has 0 saturated carbocycles. The van der Waals surface area contributed by atoms with E-state index in [-0.39, 0.29) is 18.4 Å². The molecule has 0 aromatic heterocycles. The maximum Gasteiger partial charge on any atom is 0.243 e. The highest BCUT2D eigenvalue weighted by Crippen LogP contribution is 2.37. The van der Waals surface area contributed by atoms with Crippen LogP contribution >= 0.6 is 11.6 Å². The second-order valence-electron chi connectivity index (χ2n) is 6.92. The number of carbonyl (C=O) groups excluding carboxylic acids is 2. The molecule has 1 heterocycles. The number of hydrogen-bond donors (Lipinski definition) is 1. The van der Waals surface area contributed by atoms with E-state index in [1.165, 1.54) is 17.0 Å². The molecule has 2 aromatic carbocycles. The smallest absolute Gasteiger partial charge is 0.243 e. The van der Waals surface area contributed by atoms with E-state index in [1.54, 1.807) is 43.4 Å². The van der Waals surface area contributed by atoms with Crippen LogP contribution in [-0.2, 0) is 19.7 Å². The fourth-order valence-electron chi connectivity index (χ4n) is 3.55. The number of hydrogen-bond acceptors (Lipinski definition) is 3. The first-order chi connectivity index (χ1) is 13.4. The molecule has 1 aliphatic heterocycles. The third-order valence-electron chi connectivity index (χ3n) is 4.97. The van der Waals surface area contributed by atoms with Gasteiger partial charge in [0.2, 0.25) is 11.8 Å². The highest BCUT2D eigenvalue weighted by Gasteiger charge is 2.43. The molecule has 0 atom stereocenters. The van der Waals surface area contributed by atoms with Gasteiger partial charge in [-0.15, -0.1) is 0 Å². The molecule has 2 amide bonds. The van der Waals surface area contributed by atoms with E-state index in [4.69, 9.17) is 16.3 Å².